The number of sulfonamides is 1. The molecule has 0 atom stereocenters. The Bertz CT molecular complexity index is 595. The van der Waals surface area contributed by atoms with Crippen LogP contribution >= 0.6 is 0 Å². The van der Waals surface area contributed by atoms with Crippen molar-refractivity contribution in [2.24, 2.45) is 10.6 Å². The molecule has 1 aromatic rings. The minimum atomic E-state index is -3.82. The van der Waals surface area contributed by atoms with Gasteiger partial charge in [0.1, 0.15) is 10.6 Å². The van der Waals surface area contributed by atoms with Gasteiger partial charge in [-0.1, -0.05) is 20.8 Å². The second-order valence-corrected chi connectivity index (χ2v) is 7.91. The molecular formula is C13H23N3O3S. The van der Waals surface area contributed by atoms with E-state index in [4.69, 9.17) is 5.14 Å². The van der Waals surface area contributed by atoms with Crippen LogP contribution in [0.25, 0.3) is 0 Å². The Labute approximate surface area is 120 Å². The highest BCUT2D eigenvalue weighted by molar-refractivity contribution is 7.89. The van der Waals surface area contributed by atoms with Crippen LogP contribution in [0.15, 0.2) is 17.2 Å². The van der Waals surface area contributed by atoms with Crippen molar-refractivity contribution >= 4 is 15.9 Å². The number of hydrogen-bond donors (Lipinski definition) is 2. The number of carbonyl (C=O) groups is 1. The molecule has 3 N–H and O–H groups in total. The third-order valence-electron chi connectivity index (χ3n) is 2.72. The molecule has 0 aromatic carbocycles. The monoisotopic (exact) mass is 301 g/mol. The maximum absolute atomic E-state index is 12.2. The smallest absolute Gasteiger partial charge is 0.267 e. The summed E-state index contributed by atoms with van der Waals surface area (Å²) in [5.41, 5.74) is 0.251. The van der Waals surface area contributed by atoms with Gasteiger partial charge in [0.15, 0.2) is 0 Å². The van der Waals surface area contributed by atoms with Crippen LogP contribution in [0, 0.1) is 5.41 Å². The van der Waals surface area contributed by atoms with Gasteiger partial charge in [-0.3, -0.25) is 4.79 Å². The molecule has 0 radical (unpaired) electrons. The Balaban J connectivity index is 3.10. The number of hydrogen-bond acceptors (Lipinski definition) is 3. The van der Waals surface area contributed by atoms with Gasteiger partial charge in [0.2, 0.25) is 10.0 Å². The van der Waals surface area contributed by atoms with Gasteiger partial charge in [-0.05, 0) is 25.3 Å². The van der Waals surface area contributed by atoms with Crippen LogP contribution in [0.2, 0.25) is 0 Å². The van der Waals surface area contributed by atoms with Crippen molar-refractivity contribution in [3.8, 4) is 0 Å². The zero-order chi connectivity index (χ0) is 15.7. The summed E-state index contributed by atoms with van der Waals surface area (Å²) >= 11 is 0. The van der Waals surface area contributed by atoms with E-state index in [-0.39, 0.29) is 22.3 Å². The first-order valence-electron chi connectivity index (χ1n) is 6.45. The maximum atomic E-state index is 12.2. The lowest BCUT2D eigenvalue weighted by Gasteiger charge is -2.19. The highest BCUT2D eigenvalue weighted by Gasteiger charge is 2.21. The molecule has 0 unspecified atom stereocenters. The summed E-state index contributed by atoms with van der Waals surface area (Å²) in [5.74, 6) is -0.302. The van der Waals surface area contributed by atoms with Gasteiger partial charge in [0.25, 0.3) is 5.91 Å². The summed E-state index contributed by atoms with van der Waals surface area (Å²) in [7, 11) is -3.82. The van der Waals surface area contributed by atoms with Gasteiger partial charge in [-0.25, -0.2) is 13.6 Å². The second-order valence-electron chi connectivity index (χ2n) is 6.35. The van der Waals surface area contributed by atoms with Crippen LogP contribution in [0.1, 0.15) is 51.1 Å². The molecule has 1 amide bonds. The summed E-state index contributed by atoms with van der Waals surface area (Å²) in [4.78, 5) is 12.1. The zero-order valence-electron chi connectivity index (χ0n) is 12.6. The molecule has 6 nitrogen and oxygen atoms in total. The second kappa shape index (κ2) is 5.57. The van der Waals surface area contributed by atoms with Gasteiger partial charge >= 0.3 is 0 Å². The van der Waals surface area contributed by atoms with Crippen molar-refractivity contribution < 1.29 is 13.2 Å². The molecule has 1 heterocycles. The summed E-state index contributed by atoms with van der Waals surface area (Å²) in [6.07, 6.45) is 1.39. The van der Waals surface area contributed by atoms with Crippen molar-refractivity contribution in [2.45, 2.75) is 45.6 Å². The Morgan fingerprint density at radius 3 is 2.35 bits per heavy atom. The standard InChI is InChI=1S/C13H23N3O3S/c1-9(2)16-7-10(20(14,18)19)6-11(16)12(17)15-8-13(3,4)5/h6-7,9H,8H2,1-5H3,(H,15,17)(H2,14,18,19). The molecule has 1 rings (SSSR count). The van der Waals surface area contributed by atoms with E-state index in [1.54, 1.807) is 4.57 Å². The van der Waals surface area contributed by atoms with E-state index in [0.717, 1.165) is 0 Å². The predicted octanol–water partition coefficient (Wildman–Crippen LogP) is 1.49. The van der Waals surface area contributed by atoms with Crippen molar-refractivity contribution in [3.63, 3.8) is 0 Å². The Morgan fingerprint density at radius 2 is 1.95 bits per heavy atom. The van der Waals surface area contributed by atoms with Crippen LogP contribution in [0.5, 0.6) is 0 Å². The van der Waals surface area contributed by atoms with Crippen molar-refractivity contribution in [1.29, 1.82) is 0 Å². The molecule has 0 aliphatic carbocycles. The van der Waals surface area contributed by atoms with E-state index in [2.05, 4.69) is 5.32 Å². The first-order valence-corrected chi connectivity index (χ1v) is 7.99. The van der Waals surface area contributed by atoms with E-state index in [0.29, 0.717) is 12.2 Å². The summed E-state index contributed by atoms with van der Waals surface area (Å²) < 4.78 is 24.4. The predicted molar refractivity (Wildman–Crippen MR) is 78.0 cm³/mol. The van der Waals surface area contributed by atoms with Gasteiger partial charge in [0, 0.05) is 18.8 Å². The van der Waals surface area contributed by atoms with Gasteiger partial charge in [-0.15, -0.1) is 0 Å². The number of aromatic nitrogens is 1. The largest absolute Gasteiger partial charge is 0.350 e. The molecule has 7 heteroatoms. The number of nitrogens with one attached hydrogen (secondary N) is 1. The van der Waals surface area contributed by atoms with Crippen LogP contribution < -0.4 is 10.5 Å². The number of carbonyl (C=O) groups excluding carboxylic acids is 1. The zero-order valence-corrected chi connectivity index (χ0v) is 13.4. The summed E-state index contributed by atoms with van der Waals surface area (Å²) in [6, 6.07) is 1.27. The number of rotatable bonds is 4. The van der Waals surface area contributed by atoms with Crippen LogP contribution in [0.3, 0.4) is 0 Å². The third-order valence-corrected chi connectivity index (χ3v) is 3.60. The quantitative estimate of drug-likeness (QED) is 0.882. The van der Waals surface area contributed by atoms with Gasteiger partial charge in [-0.2, -0.15) is 0 Å². The molecule has 0 bridgehead atoms. The van der Waals surface area contributed by atoms with E-state index in [1.165, 1.54) is 12.3 Å². The van der Waals surface area contributed by atoms with Gasteiger partial charge < -0.3 is 9.88 Å². The topological polar surface area (TPSA) is 94.2 Å². The highest BCUT2D eigenvalue weighted by Crippen LogP contribution is 2.18. The third kappa shape index (κ3) is 4.35. The Morgan fingerprint density at radius 1 is 1.40 bits per heavy atom. The molecule has 0 spiro atoms. The normalized spacial score (nSPS) is 12.8. The number of primary sulfonamides is 1. The molecule has 0 saturated carbocycles. The minimum Gasteiger partial charge on any atom is -0.350 e. The Kier molecular flexibility index (Phi) is 4.66. The lowest BCUT2D eigenvalue weighted by atomic mass is 9.97. The molecule has 0 saturated heterocycles. The van der Waals surface area contributed by atoms with E-state index >= 15 is 0 Å². The molecule has 0 aliphatic heterocycles. The maximum Gasteiger partial charge on any atom is 0.267 e. The van der Waals surface area contributed by atoms with E-state index in [1.807, 2.05) is 34.6 Å². The molecule has 114 valence electrons. The summed E-state index contributed by atoms with van der Waals surface area (Å²) in [5, 5.41) is 7.91. The van der Waals surface area contributed by atoms with Crippen molar-refractivity contribution in [2.75, 3.05) is 6.54 Å². The lowest BCUT2D eigenvalue weighted by molar-refractivity contribution is 0.0928. The molecule has 0 fully saturated rings. The summed E-state index contributed by atoms with van der Waals surface area (Å²) in [6.45, 7) is 10.3. The van der Waals surface area contributed by atoms with Crippen molar-refractivity contribution in [1.82, 2.24) is 9.88 Å². The SMILES string of the molecule is CC(C)n1cc(S(N)(=O)=O)cc1C(=O)NCC(C)(C)C. The van der Waals surface area contributed by atoms with Gasteiger partial charge in [0.05, 0.1) is 0 Å². The Hall–Kier alpha value is -1.34. The minimum absolute atomic E-state index is 0.0408. The van der Waals surface area contributed by atoms with Crippen LogP contribution in [-0.2, 0) is 10.0 Å². The molecule has 0 aliphatic rings. The van der Waals surface area contributed by atoms with E-state index in [9.17, 15) is 13.2 Å². The average Bonchev–Trinajstić information content (AvgIpc) is 2.69. The molecule has 20 heavy (non-hydrogen) atoms. The van der Waals surface area contributed by atoms with Crippen LogP contribution in [-0.4, -0.2) is 25.4 Å². The van der Waals surface area contributed by atoms with E-state index < -0.39 is 10.0 Å². The fourth-order valence-electron chi connectivity index (χ4n) is 1.65. The number of nitrogens with zero attached hydrogens (tertiary/aromatic N) is 1. The van der Waals surface area contributed by atoms with Crippen LogP contribution in [0.4, 0.5) is 0 Å². The number of amides is 1. The highest BCUT2D eigenvalue weighted by atomic mass is 32.2. The van der Waals surface area contributed by atoms with Crippen molar-refractivity contribution in [3.05, 3.63) is 18.0 Å². The lowest BCUT2D eigenvalue weighted by Crippen LogP contribution is -2.33. The fraction of sp³-hybridized carbons (Fsp3) is 0.615. The molecule has 1 aromatic heterocycles. The average molecular weight is 301 g/mol. The first-order chi connectivity index (χ1) is 8.92. The first kappa shape index (κ1) is 16.7. The number of nitrogens with two attached hydrogens (primary N) is 1. The molecular weight excluding hydrogens is 278 g/mol. The fourth-order valence-corrected chi connectivity index (χ4v) is 2.19.